The molecule has 2 atom stereocenters. The Balaban J connectivity index is 1.52. The second-order valence-corrected chi connectivity index (χ2v) is 6.35. The van der Waals surface area contributed by atoms with Crippen LogP contribution in [0.3, 0.4) is 0 Å². The van der Waals surface area contributed by atoms with Crippen LogP contribution in [0.25, 0.3) is 0 Å². The van der Waals surface area contributed by atoms with Crippen molar-refractivity contribution in [2.45, 2.75) is 19.4 Å². The summed E-state index contributed by atoms with van der Waals surface area (Å²) in [5, 5.41) is 12.8. The molecule has 0 aromatic carbocycles. The fraction of sp³-hybridized carbons (Fsp3) is 0.688. The van der Waals surface area contributed by atoms with E-state index in [4.69, 9.17) is 0 Å². The van der Waals surface area contributed by atoms with Crippen LogP contribution in [-0.2, 0) is 6.54 Å². The Bertz CT molecular complexity index is 463. The van der Waals surface area contributed by atoms with E-state index in [1.807, 2.05) is 0 Å². The Hall–Kier alpha value is -1.04. The second-order valence-electron chi connectivity index (χ2n) is 6.35. The molecule has 0 amide bonds. The fourth-order valence-corrected chi connectivity index (χ4v) is 3.82. The Morgan fingerprint density at radius 3 is 2.86 bits per heavy atom. The molecule has 3 rings (SSSR count). The van der Waals surface area contributed by atoms with E-state index in [0.29, 0.717) is 30.9 Å². The molecule has 3 heterocycles. The quantitative estimate of drug-likeness (QED) is 0.877. The largest absolute Gasteiger partial charge is 0.396 e. The van der Waals surface area contributed by atoms with Gasteiger partial charge in [-0.05, 0) is 56.3 Å². The summed E-state index contributed by atoms with van der Waals surface area (Å²) in [6.07, 6.45) is 5.24. The van der Waals surface area contributed by atoms with Crippen LogP contribution in [0.5, 0.6) is 0 Å². The van der Waals surface area contributed by atoms with Crippen molar-refractivity contribution in [1.82, 2.24) is 15.2 Å². The Labute approximate surface area is 125 Å². The topological polar surface area (TPSA) is 48.4 Å². The molecule has 116 valence electrons. The predicted molar refractivity (Wildman–Crippen MR) is 79.1 cm³/mol. The van der Waals surface area contributed by atoms with Crippen LogP contribution in [0.2, 0.25) is 0 Å². The molecular weight excluding hydrogens is 269 g/mol. The lowest BCUT2D eigenvalue weighted by Gasteiger charge is -2.36. The average molecular weight is 293 g/mol. The Kier molecular flexibility index (Phi) is 4.83. The number of hydrogen-bond donors (Lipinski definition) is 2. The lowest BCUT2D eigenvalue weighted by Crippen LogP contribution is -2.38. The molecule has 0 bridgehead atoms. The van der Waals surface area contributed by atoms with Gasteiger partial charge >= 0.3 is 0 Å². The van der Waals surface area contributed by atoms with Crippen molar-refractivity contribution in [2.75, 3.05) is 32.8 Å². The minimum absolute atomic E-state index is 0.208. The van der Waals surface area contributed by atoms with Gasteiger partial charge in [0, 0.05) is 31.5 Å². The molecular formula is C16H24FN3O. The molecule has 5 heteroatoms. The monoisotopic (exact) mass is 293 g/mol. The van der Waals surface area contributed by atoms with Gasteiger partial charge in [-0.2, -0.15) is 0 Å². The van der Waals surface area contributed by atoms with Crippen LogP contribution >= 0.6 is 0 Å². The first-order valence-electron chi connectivity index (χ1n) is 7.90. The van der Waals surface area contributed by atoms with E-state index in [1.165, 1.54) is 6.20 Å². The fourth-order valence-electron chi connectivity index (χ4n) is 3.82. The van der Waals surface area contributed by atoms with Crippen LogP contribution < -0.4 is 5.32 Å². The van der Waals surface area contributed by atoms with E-state index < -0.39 is 0 Å². The van der Waals surface area contributed by atoms with Gasteiger partial charge in [0.2, 0.25) is 0 Å². The van der Waals surface area contributed by atoms with Crippen molar-refractivity contribution in [3.05, 3.63) is 29.8 Å². The first-order valence-corrected chi connectivity index (χ1v) is 7.90. The summed E-state index contributed by atoms with van der Waals surface area (Å²) in [5.74, 6) is 1.50. The minimum Gasteiger partial charge on any atom is -0.396 e. The van der Waals surface area contributed by atoms with E-state index in [9.17, 15) is 9.50 Å². The van der Waals surface area contributed by atoms with Gasteiger partial charge in [0.05, 0.1) is 6.20 Å². The summed E-state index contributed by atoms with van der Waals surface area (Å²) in [7, 11) is 0. The van der Waals surface area contributed by atoms with Crippen molar-refractivity contribution in [1.29, 1.82) is 0 Å². The number of hydrogen-bond acceptors (Lipinski definition) is 4. The molecule has 0 unspecified atom stereocenters. The molecule has 0 spiro atoms. The molecule has 1 aromatic rings. The zero-order chi connectivity index (χ0) is 14.7. The van der Waals surface area contributed by atoms with Crippen molar-refractivity contribution in [2.24, 2.45) is 17.8 Å². The summed E-state index contributed by atoms with van der Waals surface area (Å²) in [6, 6.07) is 1.77. The summed E-state index contributed by atoms with van der Waals surface area (Å²) in [6.45, 7) is 4.98. The van der Waals surface area contributed by atoms with Gasteiger partial charge in [-0.1, -0.05) is 0 Å². The lowest BCUT2D eigenvalue weighted by atomic mass is 9.79. The first-order chi connectivity index (χ1) is 10.3. The van der Waals surface area contributed by atoms with Gasteiger partial charge in [0.1, 0.15) is 5.82 Å². The third-order valence-electron chi connectivity index (χ3n) is 5.11. The predicted octanol–water partition coefficient (Wildman–Crippen LogP) is 1.26. The molecule has 2 aliphatic rings. The van der Waals surface area contributed by atoms with Crippen molar-refractivity contribution < 1.29 is 9.50 Å². The second kappa shape index (κ2) is 6.81. The number of likely N-dealkylation sites (tertiary alicyclic amines) is 1. The SMILES string of the molecule is OC[C@@H]1CNC[C@H]1C1CCN(Cc2ccncc2F)CC1. The van der Waals surface area contributed by atoms with Gasteiger partial charge in [0.15, 0.2) is 0 Å². The number of piperidine rings is 1. The number of aliphatic hydroxyl groups is 1. The average Bonchev–Trinajstić information content (AvgIpc) is 2.99. The highest BCUT2D eigenvalue weighted by Crippen LogP contribution is 2.32. The van der Waals surface area contributed by atoms with E-state index in [1.54, 1.807) is 12.3 Å². The maximum atomic E-state index is 13.6. The highest BCUT2D eigenvalue weighted by Gasteiger charge is 2.34. The highest BCUT2D eigenvalue weighted by atomic mass is 19.1. The first kappa shape index (κ1) is 14.9. The van der Waals surface area contributed by atoms with E-state index in [2.05, 4.69) is 15.2 Å². The minimum atomic E-state index is -0.208. The zero-order valence-electron chi connectivity index (χ0n) is 12.3. The van der Waals surface area contributed by atoms with Gasteiger partial charge < -0.3 is 10.4 Å². The summed E-state index contributed by atoms with van der Waals surface area (Å²) in [4.78, 5) is 6.12. The molecule has 2 saturated heterocycles. The number of aliphatic hydroxyl groups excluding tert-OH is 1. The standard InChI is InChI=1S/C16H24FN3O/c17-16-9-18-4-1-13(16)10-20-5-2-12(3-6-20)15-8-19-7-14(15)11-21/h1,4,9,12,14-15,19,21H,2-3,5-8,10-11H2/t14-,15-/m0/s1. The van der Waals surface area contributed by atoms with E-state index >= 15 is 0 Å². The zero-order valence-corrected chi connectivity index (χ0v) is 12.3. The number of aromatic nitrogens is 1. The molecule has 0 radical (unpaired) electrons. The summed E-state index contributed by atoms with van der Waals surface area (Å²) < 4.78 is 13.6. The number of rotatable bonds is 4. The van der Waals surface area contributed by atoms with E-state index in [-0.39, 0.29) is 5.82 Å². The van der Waals surface area contributed by atoms with Gasteiger partial charge in [0.25, 0.3) is 0 Å². The van der Waals surface area contributed by atoms with Crippen LogP contribution in [0.1, 0.15) is 18.4 Å². The highest BCUT2D eigenvalue weighted by molar-refractivity contribution is 5.12. The van der Waals surface area contributed by atoms with Crippen molar-refractivity contribution in [3.63, 3.8) is 0 Å². The number of halogens is 1. The summed E-state index contributed by atoms with van der Waals surface area (Å²) >= 11 is 0. The molecule has 4 nitrogen and oxygen atoms in total. The molecule has 0 aliphatic carbocycles. The Morgan fingerprint density at radius 2 is 2.14 bits per heavy atom. The smallest absolute Gasteiger partial charge is 0.145 e. The van der Waals surface area contributed by atoms with Crippen LogP contribution in [0.15, 0.2) is 18.5 Å². The number of pyridine rings is 1. The number of nitrogens with one attached hydrogen (secondary N) is 1. The lowest BCUT2D eigenvalue weighted by molar-refractivity contribution is 0.107. The molecule has 1 aromatic heterocycles. The maximum Gasteiger partial charge on any atom is 0.145 e. The van der Waals surface area contributed by atoms with Crippen LogP contribution in [-0.4, -0.2) is 47.8 Å². The van der Waals surface area contributed by atoms with Crippen molar-refractivity contribution >= 4 is 0 Å². The van der Waals surface area contributed by atoms with Crippen molar-refractivity contribution in [3.8, 4) is 0 Å². The number of nitrogens with zero attached hydrogens (tertiary/aromatic N) is 2. The summed E-state index contributed by atoms with van der Waals surface area (Å²) in [5.41, 5.74) is 0.735. The molecule has 2 fully saturated rings. The van der Waals surface area contributed by atoms with E-state index in [0.717, 1.165) is 44.6 Å². The molecule has 21 heavy (non-hydrogen) atoms. The van der Waals surface area contributed by atoms with Crippen LogP contribution in [0.4, 0.5) is 4.39 Å². The normalized spacial score (nSPS) is 28.1. The van der Waals surface area contributed by atoms with Gasteiger partial charge in [-0.3, -0.25) is 9.88 Å². The van der Waals surface area contributed by atoms with Gasteiger partial charge in [-0.25, -0.2) is 4.39 Å². The Morgan fingerprint density at radius 1 is 1.33 bits per heavy atom. The third-order valence-corrected chi connectivity index (χ3v) is 5.11. The molecule has 2 N–H and O–H groups in total. The van der Waals surface area contributed by atoms with Gasteiger partial charge in [-0.15, -0.1) is 0 Å². The molecule has 0 saturated carbocycles. The van der Waals surface area contributed by atoms with Crippen LogP contribution in [0, 0.1) is 23.6 Å². The maximum absolute atomic E-state index is 13.6. The third kappa shape index (κ3) is 3.42. The molecule has 2 aliphatic heterocycles.